The van der Waals surface area contributed by atoms with Crippen molar-refractivity contribution in [2.45, 2.75) is 66.3 Å². The van der Waals surface area contributed by atoms with Crippen LogP contribution in [0.25, 0.3) is 0 Å². The van der Waals surface area contributed by atoms with Gasteiger partial charge in [0.2, 0.25) is 5.91 Å². The number of ether oxygens (including phenoxy) is 1. The van der Waals surface area contributed by atoms with Gasteiger partial charge in [-0.05, 0) is 51.2 Å². The number of aryl methyl sites for hydroxylation is 1. The summed E-state index contributed by atoms with van der Waals surface area (Å²) < 4.78 is 5.64. The summed E-state index contributed by atoms with van der Waals surface area (Å²) >= 11 is 0. The molecule has 0 unspecified atom stereocenters. The second-order valence-electron chi connectivity index (χ2n) is 7.93. The van der Waals surface area contributed by atoms with Gasteiger partial charge in [0, 0.05) is 12.0 Å². The van der Waals surface area contributed by atoms with Crippen LogP contribution in [0, 0.1) is 12.3 Å². The van der Waals surface area contributed by atoms with E-state index in [2.05, 4.69) is 39.9 Å². The van der Waals surface area contributed by atoms with Gasteiger partial charge < -0.3 is 10.1 Å². The van der Waals surface area contributed by atoms with Gasteiger partial charge in [0.05, 0.1) is 6.61 Å². The van der Waals surface area contributed by atoms with Crippen molar-refractivity contribution in [3.63, 3.8) is 0 Å². The van der Waals surface area contributed by atoms with E-state index in [-0.39, 0.29) is 16.9 Å². The van der Waals surface area contributed by atoms with E-state index in [0.29, 0.717) is 13.0 Å². The summed E-state index contributed by atoms with van der Waals surface area (Å²) in [5.41, 5.74) is 1.24. The van der Waals surface area contributed by atoms with E-state index in [0.717, 1.165) is 18.6 Å². The Labute approximate surface area is 135 Å². The third-order valence-corrected chi connectivity index (χ3v) is 3.29. The summed E-state index contributed by atoms with van der Waals surface area (Å²) in [6, 6.07) is 7.97. The van der Waals surface area contributed by atoms with Crippen molar-refractivity contribution in [2.75, 3.05) is 6.61 Å². The van der Waals surface area contributed by atoms with Crippen molar-refractivity contribution in [2.24, 2.45) is 5.41 Å². The molecule has 0 aliphatic heterocycles. The maximum Gasteiger partial charge on any atom is 0.220 e. The molecule has 0 fully saturated rings. The Balaban J connectivity index is 2.27. The SMILES string of the molecule is Cc1ccc(OCCCC(=O)NC(C)(C)CC(C)(C)C)cc1. The van der Waals surface area contributed by atoms with Gasteiger partial charge in [-0.1, -0.05) is 38.5 Å². The number of nitrogens with one attached hydrogen (secondary N) is 1. The van der Waals surface area contributed by atoms with Crippen LogP contribution in [0.5, 0.6) is 5.75 Å². The first-order chi connectivity index (χ1) is 10.1. The minimum absolute atomic E-state index is 0.0988. The van der Waals surface area contributed by atoms with Gasteiger partial charge in [-0.25, -0.2) is 0 Å². The predicted octanol–water partition coefficient (Wildman–Crippen LogP) is 4.49. The number of benzene rings is 1. The van der Waals surface area contributed by atoms with Gasteiger partial charge >= 0.3 is 0 Å². The molecule has 0 aliphatic carbocycles. The number of hydrogen-bond acceptors (Lipinski definition) is 2. The number of rotatable bonds is 7. The highest BCUT2D eigenvalue weighted by molar-refractivity contribution is 5.76. The number of carbonyl (C=O) groups excluding carboxylic acids is 1. The van der Waals surface area contributed by atoms with Gasteiger partial charge in [0.1, 0.15) is 5.75 Å². The Bertz CT molecular complexity index is 469. The zero-order valence-electron chi connectivity index (χ0n) is 15.0. The van der Waals surface area contributed by atoms with Crippen LogP contribution in [0.1, 0.15) is 59.4 Å². The monoisotopic (exact) mass is 305 g/mol. The average Bonchev–Trinajstić information content (AvgIpc) is 2.33. The normalized spacial score (nSPS) is 12.1. The van der Waals surface area contributed by atoms with Crippen LogP contribution in [0.3, 0.4) is 0 Å². The van der Waals surface area contributed by atoms with Crippen LogP contribution in [-0.4, -0.2) is 18.1 Å². The van der Waals surface area contributed by atoms with E-state index in [1.807, 2.05) is 31.2 Å². The second kappa shape index (κ2) is 7.66. The van der Waals surface area contributed by atoms with Crippen molar-refractivity contribution in [3.8, 4) is 5.75 Å². The summed E-state index contributed by atoms with van der Waals surface area (Å²) in [5.74, 6) is 0.959. The third-order valence-electron chi connectivity index (χ3n) is 3.29. The van der Waals surface area contributed by atoms with Crippen molar-refractivity contribution in [1.82, 2.24) is 5.32 Å². The van der Waals surface area contributed by atoms with Crippen molar-refractivity contribution in [1.29, 1.82) is 0 Å². The molecular formula is C19H31NO2. The molecule has 3 heteroatoms. The van der Waals surface area contributed by atoms with E-state index in [4.69, 9.17) is 4.74 Å². The van der Waals surface area contributed by atoms with E-state index in [9.17, 15) is 4.79 Å². The third kappa shape index (κ3) is 8.06. The predicted molar refractivity (Wildman–Crippen MR) is 92.2 cm³/mol. The molecular weight excluding hydrogens is 274 g/mol. The smallest absolute Gasteiger partial charge is 0.220 e. The molecule has 0 aliphatic rings. The lowest BCUT2D eigenvalue weighted by Gasteiger charge is -2.33. The van der Waals surface area contributed by atoms with Crippen LogP contribution in [0.15, 0.2) is 24.3 Å². The van der Waals surface area contributed by atoms with Crippen LogP contribution in [0.4, 0.5) is 0 Å². The fourth-order valence-corrected chi connectivity index (χ4v) is 2.87. The zero-order chi connectivity index (χ0) is 16.8. The van der Waals surface area contributed by atoms with Crippen molar-refractivity contribution >= 4 is 5.91 Å². The summed E-state index contributed by atoms with van der Waals surface area (Å²) in [7, 11) is 0. The topological polar surface area (TPSA) is 38.3 Å². The molecule has 0 bridgehead atoms. The molecule has 124 valence electrons. The average molecular weight is 305 g/mol. The highest BCUT2D eigenvalue weighted by atomic mass is 16.5. The standard InChI is InChI=1S/C19H31NO2/c1-15-9-11-16(12-10-15)22-13-7-8-17(21)20-19(5,6)14-18(2,3)4/h9-12H,7-8,13-14H2,1-6H3,(H,20,21). The highest BCUT2D eigenvalue weighted by Crippen LogP contribution is 2.26. The summed E-state index contributed by atoms with van der Waals surface area (Å²) in [6.45, 7) is 13.4. The number of carbonyl (C=O) groups is 1. The van der Waals surface area contributed by atoms with Gasteiger partial charge in [-0.15, -0.1) is 0 Å². The lowest BCUT2D eigenvalue weighted by molar-refractivity contribution is -0.123. The molecule has 0 saturated heterocycles. The molecule has 1 aromatic rings. The van der Waals surface area contributed by atoms with Crippen LogP contribution < -0.4 is 10.1 Å². The van der Waals surface area contributed by atoms with Crippen molar-refractivity contribution in [3.05, 3.63) is 29.8 Å². The lowest BCUT2D eigenvalue weighted by Crippen LogP contribution is -2.45. The maximum atomic E-state index is 12.0. The first-order valence-corrected chi connectivity index (χ1v) is 8.08. The Morgan fingerprint density at radius 2 is 1.68 bits per heavy atom. The molecule has 3 nitrogen and oxygen atoms in total. The molecule has 1 amide bonds. The Hall–Kier alpha value is -1.51. The number of amides is 1. The fraction of sp³-hybridized carbons (Fsp3) is 0.632. The van der Waals surface area contributed by atoms with Crippen molar-refractivity contribution < 1.29 is 9.53 Å². The molecule has 0 saturated carbocycles. The van der Waals surface area contributed by atoms with Crippen LogP contribution >= 0.6 is 0 Å². The molecule has 0 heterocycles. The highest BCUT2D eigenvalue weighted by Gasteiger charge is 2.26. The summed E-state index contributed by atoms with van der Waals surface area (Å²) in [4.78, 5) is 12.0. The summed E-state index contributed by atoms with van der Waals surface area (Å²) in [6.07, 6.45) is 2.18. The molecule has 0 radical (unpaired) electrons. The molecule has 0 aromatic heterocycles. The van der Waals surface area contributed by atoms with E-state index in [1.54, 1.807) is 0 Å². The van der Waals surface area contributed by atoms with Gasteiger partial charge in [-0.3, -0.25) is 4.79 Å². The molecule has 0 spiro atoms. The van der Waals surface area contributed by atoms with E-state index < -0.39 is 0 Å². The minimum atomic E-state index is -0.173. The maximum absolute atomic E-state index is 12.0. The first-order valence-electron chi connectivity index (χ1n) is 8.08. The first kappa shape index (κ1) is 18.5. The summed E-state index contributed by atoms with van der Waals surface area (Å²) in [5, 5.41) is 3.12. The quantitative estimate of drug-likeness (QED) is 0.754. The second-order valence-corrected chi connectivity index (χ2v) is 7.93. The van der Waals surface area contributed by atoms with E-state index >= 15 is 0 Å². The van der Waals surface area contributed by atoms with Gasteiger partial charge in [-0.2, -0.15) is 0 Å². The molecule has 1 N–H and O–H groups in total. The minimum Gasteiger partial charge on any atom is -0.494 e. The Kier molecular flexibility index (Phi) is 6.46. The van der Waals surface area contributed by atoms with Crippen LogP contribution in [0.2, 0.25) is 0 Å². The Morgan fingerprint density at radius 1 is 1.09 bits per heavy atom. The zero-order valence-corrected chi connectivity index (χ0v) is 15.0. The largest absolute Gasteiger partial charge is 0.494 e. The lowest BCUT2D eigenvalue weighted by atomic mass is 9.82. The Morgan fingerprint density at radius 3 is 2.23 bits per heavy atom. The van der Waals surface area contributed by atoms with Gasteiger partial charge in [0.25, 0.3) is 0 Å². The van der Waals surface area contributed by atoms with E-state index in [1.165, 1.54) is 5.56 Å². The molecule has 0 atom stereocenters. The fourth-order valence-electron chi connectivity index (χ4n) is 2.87. The molecule has 1 aromatic carbocycles. The van der Waals surface area contributed by atoms with Gasteiger partial charge in [0.15, 0.2) is 0 Å². The van der Waals surface area contributed by atoms with Crippen LogP contribution in [-0.2, 0) is 4.79 Å². The molecule has 22 heavy (non-hydrogen) atoms. The number of hydrogen-bond donors (Lipinski definition) is 1. The molecule has 1 rings (SSSR count).